The Kier molecular flexibility index (Phi) is 4.06. The highest BCUT2D eigenvalue weighted by Gasteiger charge is 2.26. The van der Waals surface area contributed by atoms with Gasteiger partial charge in [0, 0.05) is 6.54 Å². The Labute approximate surface area is 119 Å². The number of nitrogens with one attached hydrogen (secondary N) is 1. The number of carbonyl (C=O) groups is 2. The maximum atomic E-state index is 12.5. The van der Waals surface area contributed by atoms with Crippen LogP contribution in [0.15, 0.2) is 15.5 Å². The van der Waals surface area contributed by atoms with Crippen LogP contribution in [0, 0.1) is 6.92 Å². The van der Waals surface area contributed by atoms with Gasteiger partial charge in [-0.2, -0.15) is 0 Å². The van der Waals surface area contributed by atoms with E-state index in [-0.39, 0.29) is 29.0 Å². The second kappa shape index (κ2) is 5.78. The molecule has 0 atom stereocenters. The first-order chi connectivity index (χ1) is 9.95. The van der Waals surface area contributed by atoms with E-state index in [0.717, 1.165) is 0 Å². The Bertz CT molecular complexity index is 746. The molecule has 1 amide bonds. The summed E-state index contributed by atoms with van der Waals surface area (Å²) in [5.74, 6) is -1.42. The summed E-state index contributed by atoms with van der Waals surface area (Å²) in [7, 11) is 0. The summed E-state index contributed by atoms with van der Waals surface area (Å²) in [6.45, 7) is 3.21. The molecule has 0 aliphatic rings. The van der Waals surface area contributed by atoms with Crippen LogP contribution in [0.2, 0.25) is 0 Å². The van der Waals surface area contributed by atoms with Gasteiger partial charge in [0.15, 0.2) is 0 Å². The van der Waals surface area contributed by atoms with Crippen molar-refractivity contribution in [3.05, 3.63) is 28.0 Å². The van der Waals surface area contributed by atoms with Crippen LogP contribution in [0.1, 0.15) is 29.5 Å². The van der Waals surface area contributed by atoms with E-state index in [9.17, 15) is 14.4 Å². The smallest absolute Gasteiger partial charge is 0.323 e. The van der Waals surface area contributed by atoms with Crippen molar-refractivity contribution in [3.63, 3.8) is 0 Å². The molecule has 0 spiro atoms. The summed E-state index contributed by atoms with van der Waals surface area (Å²) in [6, 6.07) is 0. The Hall–Kier alpha value is -2.64. The van der Waals surface area contributed by atoms with Crippen LogP contribution < -0.4 is 5.56 Å². The highest BCUT2D eigenvalue weighted by molar-refractivity contribution is 6.06. The zero-order valence-electron chi connectivity index (χ0n) is 11.7. The number of carboxylic acid groups (broad SMARTS) is 1. The van der Waals surface area contributed by atoms with Gasteiger partial charge in [0.1, 0.15) is 17.7 Å². The first kappa shape index (κ1) is 14.8. The van der Waals surface area contributed by atoms with Crippen LogP contribution in [0.5, 0.6) is 0 Å². The summed E-state index contributed by atoms with van der Waals surface area (Å²) in [6.07, 6.45) is 1.78. The fraction of sp³-hybridized carbons (Fsp3) is 0.385. The Balaban J connectivity index is 2.54. The summed E-state index contributed by atoms with van der Waals surface area (Å²) >= 11 is 0. The van der Waals surface area contributed by atoms with Crippen molar-refractivity contribution < 1.29 is 19.1 Å². The standard InChI is InChI=1S/C13H15N3O5/c1-3-4-16(5-8(17)18)13(20)9-7(2)21-12-10(9)11(19)14-6-15-12/h6H,3-5H2,1-2H3,(H,17,18)(H,14,15,19). The second-order valence-corrected chi connectivity index (χ2v) is 4.57. The lowest BCUT2D eigenvalue weighted by molar-refractivity contribution is -0.137. The van der Waals surface area contributed by atoms with Crippen molar-refractivity contribution in [3.8, 4) is 0 Å². The number of aromatic nitrogens is 2. The van der Waals surface area contributed by atoms with Gasteiger partial charge in [0.05, 0.1) is 11.9 Å². The molecule has 8 nitrogen and oxygen atoms in total. The molecular weight excluding hydrogens is 278 g/mol. The van der Waals surface area contributed by atoms with E-state index in [1.807, 2.05) is 6.92 Å². The molecule has 0 aromatic carbocycles. The maximum absolute atomic E-state index is 12.5. The Morgan fingerprint density at radius 1 is 1.48 bits per heavy atom. The van der Waals surface area contributed by atoms with Crippen LogP contribution in [0.3, 0.4) is 0 Å². The van der Waals surface area contributed by atoms with Gasteiger partial charge in [-0.1, -0.05) is 6.92 Å². The van der Waals surface area contributed by atoms with Crippen LogP contribution >= 0.6 is 0 Å². The van der Waals surface area contributed by atoms with Gasteiger partial charge in [0.2, 0.25) is 5.71 Å². The van der Waals surface area contributed by atoms with Crippen LogP contribution in [0.4, 0.5) is 0 Å². The molecule has 2 rings (SSSR count). The number of furan rings is 1. The molecule has 0 aliphatic carbocycles. The van der Waals surface area contributed by atoms with Crippen molar-refractivity contribution >= 4 is 23.0 Å². The number of fused-ring (bicyclic) bond motifs is 1. The third kappa shape index (κ3) is 2.78. The SMILES string of the molecule is CCCN(CC(=O)O)C(=O)c1c(C)oc2nc[nH]c(=O)c12. The fourth-order valence-corrected chi connectivity index (χ4v) is 2.15. The number of nitrogens with zero attached hydrogens (tertiary/aromatic N) is 2. The number of hydrogen-bond donors (Lipinski definition) is 2. The largest absolute Gasteiger partial charge is 0.480 e. The Morgan fingerprint density at radius 3 is 2.81 bits per heavy atom. The maximum Gasteiger partial charge on any atom is 0.323 e. The molecule has 2 aromatic heterocycles. The van der Waals surface area contributed by atoms with E-state index in [0.29, 0.717) is 6.42 Å². The van der Waals surface area contributed by atoms with Crippen molar-refractivity contribution in [2.24, 2.45) is 0 Å². The van der Waals surface area contributed by atoms with Gasteiger partial charge in [-0.25, -0.2) is 4.98 Å². The first-order valence-electron chi connectivity index (χ1n) is 6.43. The third-order valence-electron chi connectivity index (χ3n) is 2.99. The molecule has 0 bridgehead atoms. The predicted octanol–water partition coefficient (Wildman–Crippen LogP) is 0.761. The number of aromatic amines is 1. The average molecular weight is 293 g/mol. The molecule has 2 N–H and O–H groups in total. The number of H-pyrrole nitrogens is 1. The normalized spacial score (nSPS) is 10.8. The van der Waals surface area contributed by atoms with E-state index in [4.69, 9.17) is 9.52 Å². The molecule has 2 heterocycles. The first-order valence-corrected chi connectivity index (χ1v) is 6.43. The van der Waals surface area contributed by atoms with Crippen LogP contribution in [-0.2, 0) is 4.79 Å². The molecule has 0 radical (unpaired) electrons. The molecule has 0 saturated carbocycles. The molecule has 2 aromatic rings. The second-order valence-electron chi connectivity index (χ2n) is 4.57. The predicted molar refractivity (Wildman–Crippen MR) is 73.2 cm³/mol. The summed E-state index contributed by atoms with van der Waals surface area (Å²) in [5.41, 5.74) is -0.368. The van der Waals surface area contributed by atoms with E-state index in [2.05, 4.69) is 9.97 Å². The highest BCUT2D eigenvalue weighted by Crippen LogP contribution is 2.22. The number of carboxylic acids is 1. The minimum atomic E-state index is -1.12. The summed E-state index contributed by atoms with van der Waals surface area (Å²) in [5, 5.41) is 8.94. The van der Waals surface area contributed by atoms with Crippen LogP contribution in [-0.4, -0.2) is 44.9 Å². The molecule has 0 aliphatic heterocycles. The van der Waals surface area contributed by atoms with E-state index in [1.54, 1.807) is 6.92 Å². The number of aliphatic carboxylic acids is 1. The number of carbonyl (C=O) groups excluding carboxylic acids is 1. The van der Waals surface area contributed by atoms with Crippen molar-refractivity contribution in [1.82, 2.24) is 14.9 Å². The molecule has 0 saturated heterocycles. The number of rotatable bonds is 5. The van der Waals surface area contributed by atoms with Gasteiger partial charge in [0.25, 0.3) is 11.5 Å². The van der Waals surface area contributed by atoms with E-state index >= 15 is 0 Å². The minimum absolute atomic E-state index is 0.0477. The highest BCUT2D eigenvalue weighted by atomic mass is 16.4. The zero-order valence-corrected chi connectivity index (χ0v) is 11.7. The van der Waals surface area contributed by atoms with Gasteiger partial charge in [-0.15, -0.1) is 0 Å². The van der Waals surface area contributed by atoms with Crippen molar-refractivity contribution in [2.45, 2.75) is 20.3 Å². The lowest BCUT2D eigenvalue weighted by atomic mass is 10.1. The molecular formula is C13H15N3O5. The summed E-state index contributed by atoms with van der Waals surface area (Å²) < 4.78 is 5.31. The molecule has 112 valence electrons. The molecule has 0 fully saturated rings. The van der Waals surface area contributed by atoms with Gasteiger partial charge < -0.3 is 19.4 Å². The number of amides is 1. The molecule has 21 heavy (non-hydrogen) atoms. The van der Waals surface area contributed by atoms with E-state index in [1.165, 1.54) is 11.2 Å². The Morgan fingerprint density at radius 2 is 2.19 bits per heavy atom. The van der Waals surface area contributed by atoms with Gasteiger partial charge in [-0.05, 0) is 13.3 Å². The average Bonchev–Trinajstić information content (AvgIpc) is 2.74. The minimum Gasteiger partial charge on any atom is -0.480 e. The topological polar surface area (TPSA) is 116 Å². The van der Waals surface area contributed by atoms with E-state index < -0.39 is 24.0 Å². The quantitative estimate of drug-likeness (QED) is 0.840. The zero-order chi connectivity index (χ0) is 15.6. The van der Waals surface area contributed by atoms with Crippen molar-refractivity contribution in [1.29, 1.82) is 0 Å². The van der Waals surface area contributed by atoms with Crippen molar-refractivity contribution in [2.75, 3.05) is 13.1 Å². The van der Waals surface area contributed by atoms with Gasteiger partial charge >= 0.3 is 5.97 Å². The lowest BCUT2D eigenvalue weighted by Gasteiger charge is -2.19. The lowest BCUT2D eigenvalue weighted by Crippen LogP contribution is -2.36. The number of hydrogen-bond acceptors (Lipinski definition) is 5. The monoisotopic (exact) mass is 293 g/mol. The molecule has 0 unspecified atom stereocenters. The van der Waals surface area contributed by atoms with Crippen LogP contribution in [0.25, 0.3) is 11.1 Å². The third-order valence-corrected chi connectivity index (χ3v) is 2.99. The number of aryl methyl sites for hydroxylation is 1. The fourth-order valence-electron chi connectivity index (χ4n) is 2.15. The summed E-state index contributed by atoms with van der Waals surface area (Å²) in [4.78, 5) is 42.7. The molecule has 8 heteroatoms. The van der Waals surface area contributed by atoms with Gasteiger partial charge in [-0.3, -0.25) is 14.4 Å².